The molecule has 0 aliphatic heterocycles. The van der Waals surface area contributed by atoms with E-state index >= 15 is 0 Å². The van der Waals surface area contributed by atoms with Gasteiger partial charge in [0.1, 0.15) is 0 Å². The van der Waals surface area contributed by atoms with Gasteiger partial charge in [0, 0.05) is 23.1 Å². The van der Waals surface area contributed by atoms with E-state index in [1.807, 2.05) is 25.1 Å². The van der Waals surface area contributed by atoms with Gasteiger partial charge in [-0.3, -0.25) is 4.79 Å². The number of halogens is 1. The number of nitrogens with one attached hydrogen (secondary N) is 4. The molecule has 0 heterocycles. The van der Waals surface area contributed by atoms with Crippen LogP contribution in [0.4, 0.5) is 5.69 Å². The molecule has 122 valence electrons. The maximum Gasteiger partial charge on any atom is 0.243 e. The zero-order chi connectivity index (χ0) is 16.5. The number of thiocarbonyl (C=S) groups is 1. The Hall–Kier alpha value is -1.18. The zero-order valence-electron chi connectivity index (χ0n) is 13.3. The third-order valence-electron chi connectivity index (χ3n) is 3.01. The van der Waals surface area contributed by atoms with E-state index in [2.05, 4.69) is 46.0 Å². The van der Waals surface area contributed by atoms with E-state index < -0.39 is 0 Å². The maximum absolute atomic E-state index is 11.9. The molecule has 0 aromatic heterocycles. The molecule has 1 aromatic rings. The summed E-state index contributed by atoms with van der Waals surface area (Å²) in [6, 6.07) is 5.73. The average molecular weight is 388 g/mol. The summed E-state index contributed by atoms with van der Waals surface area (Å²) in [5.41, 5.74) is 1.82. The van der Waals surface area contributed by atoms with Gasteiger partial charge in [-0.15, -0.1) is 0 Å². The van der Waals surface area contributed by atoms with E-state index in [0.717, 1.165) is 35.2 Å². The predicted octanol–water partition coefficient (Wildman–Crippen LogP) is 0.695. The molecule has 1 aromatic carbocycles. The first kappa shape index (κ1) is 18.9. The van der Waals surface area contributed by atoms with Crippen molar-refractivity contribution in [1.29, 1.82) is 0 Å². The van der Waals surface area contributed by atoms with Crippen molar-refractivity contribution in [3.8, 4) is 0 Å². The molecule has 0 unspecified atom stereocenters. The fraction of sp³-hybridized carbons (Fsp3) is 0.467. The third-order valence-corrected chi connectivity index (χ3v) is 3.79. The van der Waals surface area contributed by atoms with Crippen molar-refractivity contribution < 1.29 is 9.69 Å². The Kier molecular flexibility index (Phi) is 8.37. The van der Waals surface area contributed by atoms with Crippen molar-refractivity contribution in [2.24, 2.45) is 0 Å². The predicted molar refractivity (Wildman–Crippen MR) is 98.4 cm³/mol. The number of hydrogen-bond acceptors (Lipinski definition) is 2. The number of amides is 1. The quantitative estimate of drug-likeness (QED) is 0.410. The summed E-state index contributed by atoms with van der Waals surface area (Å²) in [7, 11) is 4.23. The Balaban J connectivity index is 2.26. The Bertz CT molecular complexity index is 522. The molecular formula is C15H24BrN4OS+. The second kappa shape index (κ2) is 9.76. The third kappa shape index (κ3) is 7.72. The van der Waals surface area contributed by atoms with Crippen LogP contribution in [-0.4, -0.2) is 44.7 Å². The summed E-state index contributed by atoms with van der Waals surface area (Å²) in [6.07, 6.45) is 1.04. The molecule has 22 heavy (non-hydrogen) atoms. The molecule has 0 saturated carbocycles. The lowest BCUT2D eigenvalue weighted by Gasteiger charge is -2.12. The van der Waals surface area contributed by atoms with Crippen LogP contribution in [0, 0.1) is 6.92 Å². The molecule has 0 saturated heterocycles. The number of benzene rings is 1. The van der Waals surface area contributed by atoms with Crippen LogP contribution in [0.5, 0.6) is 0 Å². The highest BCUT2D eigenvalue weighted by Crippen LogP contribution is 2.19. The van der Waals surface area contributed by atoms with Crippen LogP contribution in [-0.2, 0) is 4.79 Å². The van der Waals surface area contributed by atoms with Crippen molar-refractivity contribution in [1.82, 2.24) is 10.6 Å². The van der Waals surface area contributed by atoms with Gasteiger partial charge in [-0.25, -0.2) is 0 Å². The van der Waals surface area contributed by atoms with E-state index in [4.69, 9.17) is 12.2 Å². The molecule has 7 heteroatoms. The summed E-state index contributed by atoms with van der Waals surface area (Å²) < 4.78 is 0.992. The Labute approximate surface area is 146 Å². The zero-order valence-corrected chi connectivity index (χ0v) is 15.7. The van der Waals surface area contributed by atoms with Crippen molar-refractivity contribution in [2.75, 3.05) is 39.0 Å². The molecule has 0 aliphatic carbocycles. The van der Waals surface area contributed by atoms with Gasteiger partial charge in [-0.1, -0.05) is 15.9 Å². The van der Waals surface area contributed by atoms with Gasteiger partial charge in [0.05, 0.1) is 27.2 Å². The summed E-state index contributed by atoms with van der Waals surface area (Å²) in [5, 5.41) is 9.38. The van der Waals surface area contributed by atoms with Crippen LogP contribution in [0.2, 0.25) is 0 Å². The monoisotopic (exact) mass is 387 g/mol. The molecule has 4 N–H and O–H groups in total. The Morgan fingerprint density at radius 3 is 2.68 bits per heavy atom. The Morgan fingerprint density at radius 2 is 2.05 bits per heavy atom. The second-order valence-corrected chi connectivity index (χ2v) is 6.75. The lowest BCUT2D eigenvalue weighted by molar-refractivity contribution is -0.858. The number of aryl methyl sites for hydroxylation is 1. The standard InChI is InChI=1S/C15H23BrN4OS/c1-11-9-12(16)5-6-13(11)19-14(21)10-18-15(22)17-7-4-8-20(2)3/h5-6,9H,4,7-8,10H2,1-3H3,(H,19,21)(H2,17,18,22)/p+1. The summed E-state index contributed by atoms with van der Waals surface area (Å²) in [5.74, 6) is -0.118. The summed E-state index contributed by atoms with van der Waals surface area (Å²) in [4.78, 5) is 13.3. The van der Waals surface area contributed by atoms with Crippen molar-refractivity contribution >= 4 is 44.9 Å². The first-order chi connectivity index (χ1) is 10.4. The molecular weight excluding hydrogens is 364 g/mol. The van der Waals surface area contributed by atoms with E-state index in [0.29, 0.717) is 5.11 Å². The van der Waals surface area contributed by atoms with Crippen LogP contribution in [0.15, 0.2) is 22.7 Å². The minimum absolute atomic E-state index is 0.118. The van der Waals surface area contributed by atoms with Gasteiger partial charge in [-0.05, 0) is 42.9 Å². The van der Waals surface area contributed by atoms with E-state index in [-0.39, 0.29) is 12.5 Å². The summed E-state index contributed by atoms with van der Waals surface area (Å²) in [6.45, 7) is 4.00. The Morgan fingerprint density at radius 1 is 1.32 bits per heavy atom. The fourth-order valence-corrected chi connectivity index (χ4v) is 2.48. The molecule has 1 amide bonds. The number of carbonyl (C=O) groups excluding carboxylic acids is 1. The molecule has 5 nitrogen and oxygen atoms in total. The number of quaternary nitrogens is 1. The lowest BCUT2D eigenvalue weighted by atomic mass is 10.2. The molecule has 0 bridgehead atoms. The van der Waals surface area contributed by atoms with E-state index in [1.54, 1.807) is 0 Å². The van der Waals surface area contributed by atoms with Gasteiger partial charge < -0.3 is 20.9 Å². The largest absolute Gasteiger partial charge is 0.363 e. The van der Waals surface area contributed by atoms with Crippen LogP contribution in [0.25, 0.3) is 0 Å². The van der Waals surface area contributed by atoms with Gasteiger partial charge in [0.15, 0.2) is 5.11 Å². The van der Waals surface area contributed by atoms with E-state index in [1.165, 1.54) is 4.90 Å². The minimum Gasteiger partial charge on any atom is -0.363 e. The average Bonchev–Trinajstić information content (AvgIpc) is 2.44. The molecule has 0 spiro atoms. The van der Waals surface area contributed by atoms with E-state index in [9.17, 15) is 4.79 Å². The van der Waals surface area contributed by atoms with Gasteiger partial charge in [0.2, 0.25) is 5.91 Å². The van der Waals surface area contributed by atoms with Crippen LogP contribution >= 0.6 is 28.1 Å². The second-order valence-electron chi connectivity index (χ2n) is 5.43. The highest BCUT2D eigenvalue weighted by molar-refractivity contribution is 9.10. The van der Waals surface area contributed by atoms with Crippen molar-refractivity contribution in [2.45, 2.75) is 13.3 Å². The number of anilines is 1. The molecule has 0 fully saturated rings. The van der Waals surface area contributed by atoms with Crippen molar-refractivity contribution in [3.05, 3.63) is 28.2 Å². The SMILES string of the molecule is Cc1cc(Br)ccc1NC(=O)CNC(=S)NCCC[NH+](C)C. The molecule has 0 radical (unpaired) electrons. The minimum atomic E-state index is -0.118. The highest BCUT2D eigenvalue weighted by Gasteiger charge is 2.06. The van der Waals surface area contributed by atoms with Crippen LogP contribution in [0.1, 0.15) is 12.0 Å². The normalized spacial score (nSPS) is 10.4. The lowest BCUT2D eigenvalue weighted by Crippen LogP contribution is -3.05. The van der Waals surface area contributed by atoms with Crippen LogP contribution in [0.3, 0.4) is 0 Å². The fourth-order valence-electron chi connectivity index (χ4n) is 1.83. The molecule has 0 aliphatic rings. The smallest absolute Gasteiger partial charge is 0.243 e. The van der Waals surface area contributed by atoms with Crippen LogP contribution < -0.4 is 20.9 Å². The number of carbonyl (C=O) groups is 1. The molecule has 0 atom stereocenters. The van der Waals surface area contributed by atoms with Gasteiger partial charge >= 0.3 is 0 Å². The highest BCUT2D eigenvalue weighted by atomic mass is 79.9. The van der Waals surface area contributed by atoms with Gasteiger partial charge in [-0.2, -0.15) is 0 Å². The first-order valence-corrected chi connectivity index (χ1v) is 8.45. The topological polar surface area (TPSA) is 57.6 Å². The first-order valence-electron chi connectivity index (χ1n) is 7.25. The van der Waals surface area contributed by atoms with Crippen molar-refractivity contribution in [3.63, 3.8) is 0 Å². The maximum atomic E-state index is 11.9. The number of rotatable bonds is 7. The van der Waals surface area contributed by atoms with Gasteiger partial charge in [0.25, 0.3) is 0 Å². The summed E-state index contributed by atoms with van der Waals surface area (Å²) >= 11 is 8.54. The molecule has 1 rings (SSSR count). The number of hydrogen-bond donors (Lipinski definition) is 4.